The summed E-state index contributed by atoms with van der Waals surface area (Å²) < 4.78 is 30.1. The third-order valence-electron chi connectivity index (χ3n) is 8.52. The van der Waals surface area contributed by atoms with Crippen molar-refractivity contribution >= 4 is 50.1 Å². The number of para-hydroxylation sites is 1. The lowest BCUT2D eigenvalue weighted by Crippen LogP contribution is -2.33. The largest absolute Gasteiger partial charge is 0.508 e. The molecule has 0 spiro atoms. The third-order valence-corrected chi connectivity index (χ3v) is 10.3. The number of carbonyl (C=O) groups is 3. The molecule has 0 aliphatic carbocycles. The molecule has 11 nitrogen and oxygen atoms in total. The van der Waals surface area contributed by atoms with Gasteiger partial charge in [-0.05, 0) is 66.9 Å². The normalized spacial score (nSPS) is 11.4. The second kappa shape index (κ2) is 16.2. The number of fused-ring (bicyclic) bond motifs is 1. The number of sulfonamides is 1. The number of phenolic OH excluding ortho intramolecular Hbond substituents is 1. The summed E-state index contributed by atoms with van der Waals surface area (Å²) in [5.41, 5.74) is 0.908. The number of hydrogen-bond donors (Lipinski definition) is 3. The minimum absolute atomic E-state index is 0.0152. The van der Waals surface area contributed by atoms with Crippen LogP contribution in [0.2, 0.25) is 5.02 Å². The Kier molecular flexibility index (Phi) is 11.8. The van der Waals surface area contributed by atoms with Gasteiger partial charge in [0.1, 0.15) is 5.75 Å². The molecular formula is C38H40ClN5O6S. The van der Waals surface area contributed by atoms with E-state index in [-0.39, 0.29) is 50.6 Å². The first-order valence-electron chi connectivity index (χ1n) is 16.7. The van der Waals surface area contributed by atoms with Crippen molar-refractivity contribution in [2.45, 2.75) is 57.9 Å². The lowest BCUT2D eigenvalue weighted by Gasteiger charge is -2.21. The number of nitrogens with one attached hydrogen (secondary N) is 2. The van der Waals surface area contributed by atoms with Crippen molar-refractivity contribution < 1.29 is 27.9 Å². The van der Waals surface area contributed by atoms with Crippen molar-refractivity contribution in [3.8, 4) is 11.4 Å². The summed E-state index contributed by atoms with van der Waals surface area (Å²) in [6.07, 6.45) is 3.43. The Morgan fingerprint density at radius 1 is 0.863 bits per heavy atom. The zero-order valence-corrected chi connectivity index (χ0v) is 30.2. The third kappa shape index (κ3) is 8.41. The van der Waals surface area contributed by atoms with Gasteiger partial charge < -0.3 is 15.3 Å². The molecule has 0 aliphatic rings. The van der Waals surface area contributed by atoms with Crippen LogP contribution < -0.4 is 10.0 Å². The Morgan fingerprint density at radius 2 is 1.53 bits per heavy atom. The fraction of sp³-hybridized carbons (Fsp3) is 0.263. The van der Waals surface area contributed by atoms with Gasteiger partial charge >= 0.3 is 0 Å². The van der Waals surface area contributed by atoms with Crippen LogP contribution in [0.1, 0.15) is 82.0 Å². The Bertz CT molecular complexity index is 2190. The number of halogens is 1. The summed E-state index contributed by atoms with van der Waals surface area (Å²) in [4.78, 5) is 42.6. The SMILES string of the molecule is CCCCN(CCCC)C(=O)c1nn(-c2ccc(C(=O)NS(=O)(=O)c3ccc4ccccc4c3)cc2C(=O)NCc2ccccc2O)c(C)c1Cl. The molecule has 5 rings (SSSR count). The van der Waals surface area contributed by atoms with E-state index in [1.165, 1.54) is 41.1 Å². The van der Waals surface area contributed by atoms with Crippen LogP contribution in [0, 0.1) is 6.92 Å². The van der Waals surface area contributed by atoms with Crippen LogP contribution in [0.5, 0.6) is 5.75 Å². The van der Waals surface area contributed by atoms with Crippen LogP contribution in [0.3, 0.4) is 0 Å². The van der Waals surface area contributed by atoms with Crippen LogP contribution in [-0.4, -0.2) is 59.0 Å². The van der Waals surface area contributed by atoms with Crippen molar-refractivity contribution in [2.24, 2.45) is 0 Å². The molecule has 0 atom stereocenters. The van der Waals surface area contributed by atoms with E-state index < -0.39 is 21.8 Å². The molecule has 0 saturated carbocycles. The summed E-state index contributed by atoms with van der Waals surface area (Å²) in [5, 5.41) is 19.2. The van der Waals surface area contributed by atoms with Gasteiger partial charge in [0, 0.05) is 30.8 Å². The maximum absolute atomic E-state index is 13.8. The number of phenols is 1. The average molecular weight is 730 g/mol. The van der Waals surface area contributed by atoms with Crippen molar-refractivity contribution in [3.05, 3.63) is 118 Å². The predicted octanol–water partition coefficient (Wildman–Crippen LogP) is 6.78. The van der Waals surface area contributed by atoms with E-state index in [9.17, 15) is 27.9 Å². The Hall–Kier alpha value is -5.20. The van der Waals surface area contributed by atoms with Crippen LogP contribution in [0.15, 0.2) is 89.8 Å². The molecule has 1 heterocycles. The smallest absolute Gasteiger partial charge is 0.275 e. The van der Waals surface area contributed by atoms with E-state index in [2.05, 4.69) is 15.1 Å². The monoisotopic (exact) mass is 729 g/mol. The summed E-state index contributed by atoms with van der Waals surface area (Å²) in [7, 11) is -4.29. The Balaban J connectivity index is 1.51. The van der Waals surface area contributed by atoms with E-state index >= 15 is 0 Å². The van der Waals surface area contributed by atoms with Crippen LogP contribution in [0.25, 0.3) is 16.5 Å². The van der Waals surface area contributed by atoms with Gasteiger partial charge in [0.25, 0.3) is 27.7 Å². The van der Waals surface area contributed by atoms with Crippen molar-refractivity contribution in [2.75, 3.05) is 13.1 Å². The van der Waals surface area contributed by atoms with Gasteiger partial charge in [-0.15, -0.1) is 0 Å². The zero-order chi connectivity index (χ0) is 36.7. The molecule has 0 bridgehead atoms. The highest BCUT2D eigenvalue weighted by atomic mass is 35.5. The fourth-order valence-electron chi connectivity index (χ4n) is 5.57. The highest BCUT2D eigenvalue weighted by Gasteiger charge is 2.27. The fourth-order valence-corrected chi connectivity index (χ4v) is 6.77. The Labute approximate surface area is 302 Å². The standard InChI is InChI=1S/C38H40ClN5O6S/c1-4-6-20-43(21-7-5-2)38(48)35-34(39)25(3)44(41-35)32-19-17-28(23-31(32)37(47)40-24-29-14-10-11-15-33(29)45)36(46)42-51(49,50)30-18-16-26-12-8-9-13-27(26)22-30/h8-19,22-23,45H,4-7,20-21,24H2,1-3H3,(H,40,47)(H,42,46). The highest BCUT2D eigenvalue weighted by Crippen LogP contribution is 2.28. The van der Waals surface area contributed by atoms with E-state index in [0.29, 0.717) is 29.7 Å². The van der Waals surface area contributed by atoms with Crippen molar-refractivity contribution in [3.63, 3.8) is 0 Å². The molecule has 0 fully saturated rings. The zero-order valence-electron chi connectivity index (χ0n) is 28.6. The number of unbranched alkanes of at least 4 members (excludes halogenated alkanes) is 2. The second-order valence-corrected chi connectivity index (χ2v) is 14.2. The number of aromatic hydroxyl groups is 1. The molecule has 266 valence electrons. The number of hydrogen-bond acceptors (Lipinski definition) is 7. The molecule has 3 N–H and O–H groups in total. The predicted molar refractivity (Wildman–Crippen MR) is 197 cm³/mol. The summed E-state index contributed by atoms with van der Waals surface area (Å²) >= 11 is 6.72. The molecule has 5 aromatic rings. The van der Waals surface area contributed by atoms with Crippen LogP contribution >= 0.6 is 11.6 Å². The van der Waals surface area contributed by atoms with Crippen LogP contribution in [0.4, 0.5) is 0 Å². The van der Waals surface area contributed by atoms with Gasteiger partial charge in [0.15, 0.2) is 5.69 Å². The average Bonchev–Trinajstić information content (AvgIpc) is 3.43. The lowest BCUT2D eigenvalue weighted by atomic mass is 10.1. The second-order valence-electron chi connectivity index (χ2n) is 12.1. The molecule has 13 heteroatoms. The molecule has 3 amide bonds. The van der Waals surface area contributed by atoms with Gasteiger partial charge in [-0.3, -0.25) is 14.4 Å². The first-order valence-corrected chi connectivity index (χ1v) is 18.6. The molecular weight excluding hydrogens is 690 g/mol. The molecule has 4 aromatic carbocycles. The van der Waals surface area contributed by atoms with E-state index in [4.69, 9.17) is 11.6 Å². The summed E-state index contributed by atoms with van der Waals surface area (Å²) in [6.45, 7) is 6.79. The quantitative estimate of drug-likeness (QED) is 0.114. The molecule has 1 aromatic heterocycles. The highest BCUT2D eigenvalue weighted by molar-refractivity contribution is 7.90. The number of rotatable bonds is 14. The van der Waals surface area contributed by atoms with Gasteiger partial charge in [-0.1, -0.05) is 86.8 Å². The number of aromatic nitrogens is 2. The lowest BCUT2D eigenvalue weighted by molar-refractivity contribution is 0.0744. The van der Waals surface area contributed by atoms with Gasteiger partial charge in [-0.25, -0.2) is 17.8 Å². The summed E-state index contributed by atoms with van der Waals surface area (Å²) in [5.74, 6) is -1.95. The maximum atomic E-state index is 13.8. The van der Waals surface area contributed by atoms with Crippen molar-refractivity contribution in [1.29, 1.82) is 0 Å². The first kappa shape index (κ1) is 37.1. The van der Waals surface area contributed by atoms with Crippen LogP contribution in [-0.2, 0) is 16.6 Å². The molecule has 51 heavy (non-hydrogen) atoms. The van der Waals surface area contributed by atoms with Gasteiger partial charge in [0.05, 0.1) is 26.9 Å². The minimum atomic E-state index is -4.29. The van der Waals surface area contributed by atoms with E-state index in [0.717, 1.165) is 31.1 Å². The van der Waals surface area contributed by atoms with Crippen molar-refractivity contribution in [1.82, 2.24) is 24.7 Å². The summed E-state index contributed by atoms with van der Waals surface area (Å²) in [6, 6.07) is 22.4. The number of benzene rings is 4. The number of amides is 3. The Morgan fingerprint density at radius 3 is 2.22 bits per heavy atom. The molecule has 0 aliphatic heterocycles. The molecule has 0 saturated heterocycles. The molecule has 0 radical (unpaired) electrons. The van der Waals surface area contributed by atoms with Gasteiger partial charge in [0.2, 0.25) is 0 Å². The topological polar surface area (TPSA) is 151 Å². The van der Waals surface area contributed by atoms with E-state index in [1.54, 1.807) is 48.2 Å². The van der Waals surface area contributed by atoms with E-state index in [1.807, 2.05) is 26.0 Å². The van der Waals surface area contributed by atoms with Gasteiger partial charge in [-0.2, -0.15) is 5.10 Å². The number of carbonyl (C=O) groups excluding carboxylic acids is 3. The number of nitrogens with zero attached hydrogens (tertiary/aromatic N) is 3. The maximum Gasteiger partial charge on any atom is 0.275 e. The first-order chi connectivity index (χ1) is 24.4. The minimum Gasteiger partial charge on any atom is -0.508 e. The molecule has 0 unspecified atom stereocenters.